The first-order valence-corrected chi connectivity index (χ1v) is 6.81. The van der Waals surface area contributed by atoms with Crippen LogP contribution in [-0.4, -0.2) is 16.5 Å². The van der Waals surface area contributed by atoms with Crippen molar-refractivity contribution in [3.8, 4) is 0 Å². The summed E-state index contributed by atoms with van der Waals surface area (Å²) < 4.78 is 0. The Kier molecular flexibility index (Phi) is 4.59. The molecular weight excluding hydrogens is 292 g/mol. The van der Waals surface area contributed by atoms with Crippen LogP contribution in [0.1, 0.15) is 12.5 Å². The fourth-order valence-electron chi connectivity index (χ4n) is 1.84. The molecule has 0 bridgehead atoms. The van der Waals surface area contributed by atoms with E-state index in [1.54, 1.807) is 12.1 Å². The predicted molar refractivity (Wildman–Crippen MR) is 84.5 cm³/mol. The number of anilines is 3. The van der Waals surface area contributed by atoms with E-state index in [1.807, 2.05) is 19.9 Å². The average molecular weight is 307 g/mol. The van der Waals surface area contributed by atoms with Gasteiger partial charge in [-0.15, -0.1) is 0 Å². The number of halogens is 1. The quantitative estimate of drug-likeness (QED) is 0.641. The number of nitrogens with one attached hydrogen (secondary N) is 2. The van der Waals surface area contributed by atoms with E-state index < -0.39 is 4.92 Å². The maximum atomic E-state index is 11.0. The number of pyridine rings is 1. The lowest BCUT2D eigenvalue weighted by Gasteiger charge is -2.11. The molecule has 0 saturated carbocycles. The van der Waals surface area contributed by atoms with E-state index in [2.05, 4.69) is 15.6 Å². The molecule has 21 heavy (non-hydrogen) atoms. The van der Waals surface area contributed by atoms with Crippen molar-refractivity contribution < 1.29 is 4.92 Å². The van der Waals surface area contributed by atoms with Crippen LogP contribution >= 0.6 is 11.6 Å². The molecule has 0 radical (unpaired) electrons. The van der Waals surface area contributed by atoms with Crippen molar-refractivity contribution in [2.24, 2.45) is 0 Å². The number of nitrogens with zero attached hydrogens (tertiary/aromatic N) is 2. The molecule has 2 aromatic rings. The van der Waals surface area contributed by atoms with E-state index >= 15 is 0 Å². The van der Waals surface area contributed by atoms with Gasteiger partial charge in [0, 0.05) is 17.3 Å². The Morgan fingerprint density at radius 2 is 2.05 bits per heavy atom. The zero-order chi connectivity index (χ0) is 15.4. The molecule has 1 aromatic heterocycles. The van der Waals surface area contributed by atoms with E-state index in [1.165, 1.54) is 12.1 Å². The molecule has 0 aliphatic rings. The number of hydrogen-bond acceptors (Lipinski definition) is 5. The van der Waals surface area contributed by atoms with E-state index in [9.17, 15) is 10.1 Å². The molecule has 0 fully saturated rings. The topological polar surface area (TPSA) is 80.1 Å². The van der Waals surface area contributed by atoms with Gasteiger partial charge in [0.1, 0.15) is 11.6 Å². The van der Waals surface area contributed by atoms with Gasteiger partial charge in [-0.25, -0.2) is 4.98 Å². The molecule has 1 heterocycles. The molecule has 7 heteroatoms. The van der Waals surface area contributed by atoms with Gasteiger partial charge in [0.25, 0.3) is 5.69 Å². The van der Waals surface area contributed by atoms with E-state index in [0.29, 0.717) is 23.2 Å². The van der Waals surface area contributed by atoms with E-state index in [0.717, 1.165) is 11.3 Å². The number of nitro groups is 1. The minimum absolute atomic E-state index is 0.0249. The minimum atomic E-state index is -0.446. The first-order valence-electron chi connectivity index (χ1n) is 6.43. The highest BCUT2D eigenvalue weighted by molar-refractivity contribution is 6.31. The Hall–Kier alpha value is -2.34. The van der Waals surface area contributed by atoms with Crippen LogP contribution in [0, 0.1) is 17.0 Å². The fourth-order valence-corrected chi connectivity index (χ4v) is 2.01. The molecule has 0 spiro atoms. The summed E-state index contributed by atoms with van der Waals surface area (Å²) in [4.78, 5) is 14.8. The first kappa shape index (κ1) is 15.1. The molecule has 2 N–H and O–H groups in total. The third kappa shape index (κ3) is 3.61. The summed E-state index contributed by atoms with van der Waals surface area (Å²) in [6.45, 7) is 4.39. The summed E-state index contributed by atoms with van der Waals surface area (Å²) in [6.07, 6.45) is 0. The number of benzene rings is 1. The Morgan fingerprint density at radius 3 is 2.71 bits per heavy atom. The van der Waals surface area contributed by atoms with Crippen molar-refractivity contribution in [1.29, 1.82) is 0 Å². The molecule has 110 valence electrons. The molecule has 0 atom stereocenters. The Balaban J connectivity index is 2.38. The maximum absolute atomic E-state index is 11.0. The highest BCUT2D eigenvalue weighted by Gasteiger charge is 2.12. The van der Waals surface area contributed by atoms with Crippen LogP contribution in [0.2, 0.25) is 5.02 Å². The molecule has 1 aromatic carbocycles. The van der Waals surface area contributed by atoms with Crippen LogP contribution in [0.25, 0.3) is 0 Å². The van der Waals surface area contributed by atoms with Gasteiger partial charge in [0.05, 0.1) is 17.1 Å². The minimum Gasteiger partial charge on any atom is -0.370 e. The van der Waals surface area contributed by atoms with E-state index in [4.69, 9.17) is 11.6 Å². The van der Waals surface area contributed by atoms with Crippen LogP contribution in [0.5, 0.6) is 0 Å². The maximum Gasteiger partial charge on any atom is 0.276 e. The second-order valence-electron chi connectivity index (χ2n) is 4.42. The second kappa shape index (κ2) is 6.41. The lowest BCUT2D eigenvalue weighted by atomic mass is 10.2. The standard InChI is InChI=1S/C14H15ClN4O2/c1-3-16-13-7-10(19(20)21)8-14(18-13)17-12-6-4-5-11(15)9(12)2/h4-8H,3H2,1-2H3,(H2,16,17,18). The van der Waals surface area contributed by atoms with Crippen LogP contribution in [0.15, 0.2) is 30.3 Å². The van der Waals surface area contributed by atoms with Crippen LogP contribution in [-0.2, 0) is 0 Å². The molecule has 2 rings (SSSR count). The first-order chi connectivity index (χ1) is 10.0. The van der Waals surface area contributed by atoms with Gasteiger partial charge in [0.2, 0.25) is 0 Å². The molecular formula is C14H15ClN4O2. The fraction of sp³-hybridized carbons (Fsp3) is 0.214. The van der Waals surface area contributed by atoms with Gasteiger partial charge >= 0.3 is 0 Å². The summed E-state index contributed by atoms with van der Waals surface area (Å²) in [6, 6.07) is 8.22. The normalized spacial score (nSPS) is 10.2. The third-order valence-corrected chi connectivity index (χ3v) is 3.32. The largest absolute Gasteiger partial charge is 0.370 e. The van der Waals surface area contributed by atoms with E-state index in [-0.39, 0.29) is 5.69 Å². The van der Waals surface area contributed by atoms with Crippen LogP contribution < -0.4 is 10.6 Å². The van der Waals surface area contributed by atoms with Crippen molar-refractivity contribution in [3.63, 3.8) is 0 Å². The zero-order valence-electron chi connectivity index (χ0n) is 11.7. The lowest BCUT2D eigenvalue weighted by Crippen LogP contribution is -2.04. The Bertz CT molecular complexity index is 676. The Morgan fingerprint density at radius 1 is 1.33 bits per heavy atom. The number of hydrogen-bond donors (Lipinski definition) is 2. The molecule has 6 nitrogen and oxygen atoms in total. The summed E-state index contributed by atoms with van der Waals surface area (Å²) >= 11 is 6.06. The Labute approximate surface area is 127 Å². The monoisotopic (exact) mass is 306 g/mol. The van der Waals surface area contributed by atoms with Gasteiger partial charge in [0.15, 0.2) is 0 Å². The number of aromatic nitrogens is 1. The lowest BCUT2D eigenvalue weighted by molar-refractivity contribution is -0.384. The van der Waals surface area contributed by atoms with Crippen LogP contribution in [0.4, 0.5) is 23.0 Å². The van der Waals surface area contributed by atoms with Crippen LogP contribution in [0.3, 0.4) is 0 Å². The molecule has 0 saturated heterocycles. The molecule has 0 amide bonds. The SMILES string of the molecule is CCNc1cc([N+](=O)[O-])cc(Nc2cccc(Cl)c2C)n1. The van der Waals surface area contributed by atoms with Gasteiger partial charge in [-0.1, -0.05) is 17.7 Å². The molecule has 0 aliphatic heterocycles. The van der Waals surface area contributed by atoms with Crippen molar-refractivity contribution in [1.82, 2.24) is 4.98 Å². The van der Waals surface area contributed by atoms with Crippen molar-refractivity contribution >= 4 is 34.6 Å². The van der Waals surface area contributed by atoms with Gasteiger partial charge in [-0.05, 0) is 31.5 Å². The third-order valence-electron chi connectivity index (χ3n) is 2.91. The average Bonchev–Trinajstić information content (AvgIpc) is 2.44. The summed E-state index contributed by atoms with van der Waals surface area (Å²) in [5.41, 5.74) is 1.60. The van der Waals surface area contributed by atoms with Crippen molar-refractivity contribution in [2.45, 2.75) is 13.8 Å². The zero-order valence-corrected chi connectivity index (χ0v) is 12.4. The summed E-state index contributed by atoms with van der Waals surface area (Å²) in [5, 5.41) is 17.6. The summed E-state index contributed by atoms with van der Waals surface area (Å²) in [7, 11) is 0. The highest BCUT2D eigenvalue weighted by Crippen LogP contribution is 2.28. The highest BCUT2D eigenvalue weighted by atomic mass is 35.5. The van der Waals surface area contributed by atoms with Gasteiger partial charge in [-0.2, -0.15) is 0 Å². The summed E-state index contributed by atoms with van der Waals surface area (Å²) in [5.74, 6) is 0.847. The number of rotatable bonds is 5. The predicted octanol–water partition coefficient (Wildman–Crippen LogP) is 4.13. The molecule has 0 aliphatic carbocycles. The van der Waals surface area contributed by atoms with Gasteiger partial charge in [-0.3, -0.25) is 10.1 Å². The second-order valence-corrected chi connectivity index (χ2v) is 4.83. The van der Waals surface area contributed by atoms with Crippen molar-refractivity contribution in [2.75, 3.05) is 17.2 Å². The smallest absolute Gasteiger partial charge is 0.276 e. The van der Waals surface area contributed by atoms with Crippen molar-refractivity contribution in [3.05, 3.63) is 51.0 Å². The molecule has 0 unspecified atom stereocenters. The van der Waals surface area contributed by atoms with Gasteiger partial charge < -0.3 is 10.6 Å².